The van der Waals surface area contributed by atoms with Crippen molar-refractivity contribution in [3.63, 3.8) is 0 Å². The number of rotatable bonds is 3. The number of hydrogen-bond acceptors (Lipinski definition) is 2. The molecule has 1 aromatic rings. The third-order valence-electron chi connectivity index (χ3n) is 2.99. The molecule has 0 aromatic carbocycles. The zero-order valence-electron chi connectivity index (χ0n) is 9.10. The van der Waals surface area contributed by atoms with E-state index in [1.807, 2.05) is 4.57 Å². The fraction of sp³-hybridized carbons (Fsp3) is 0.636. The van der Waals surface area contributed by atoms with Gasteiger partial charge in [-0.2, -0.15) is 0 Å². The van der Waals surface area contributed by atoms with E-state index in [1.54, 1.807) is 6.33 Å². The van der Waals surface area contributed by atoms with E-state index in [0.717, 1.165) is 18.5 Å². The lowest BCUT2D eigenvalue weighted by Gasteiger charge is -2.08. The normalized spacial score (nSPS) is 19.5. The van der Waals surface area contributed by atoms with Crippen LogP contribution >= 0.6 is 0 Å². The van der Waals surface area contributed by atoms with Crippen molar-refractivity contribution < 1.29 is 9.90 Å². The van der Waals surface area contributed by atoms with E-state index in [0.29, 0.717) is 5.92 Å². The predicted octanol–water partition coefficient (Wildman–Crippen LogP) is 1.97. The molecule has 0 bridgehead atoms. The second kappa shape index (κ2) is 3.68. The lowest BCUT2D eigenvalue weighted by atomic mass is 10.1. The zero-order valence-corrected chi connectivity index (χ0v) is 9.10. The van der Waals surface area contributed by atoms with Gasteiger partial charge < -0.3 is 9.67 Å². The van der Waals surface area contributed by atoms with Gasteiger partial charge in [-0.15, -0.1) is 0 Å². The first kappa shape index (κ1) is 10.2. The Morgan fingerprint density at radius 3 is 3.07 bits per heavy atom. The van der Waals surface area contributed by atoms with E-state index in [2.05, 4.69) is 18.8 Å². The standard InChI is InChI=1S/C11H16N2O2/c1-7(2)11-9-4-3-8(5-10(14)15)13(9)6-12-11/h6-8H,3-5H2,1-2H3,(H,14,15). The van der Waals surface area contributed by atoms with E-state index in [1.165, 1.54) is 5.69 Å². The molecule has 2 heterocycles. The first-order chi connectivity index (χ1) is 7.09. The second-order valence-electron chi connectivity index (χ2n) is 4.43. The van der Waals surface area contributed by atoms with Crippen molar-refractivity contribution in [2.45, 2.75) is 45.1 Å². The van der Waals surface area contributed by atoms with Crippen LogP contribution in [0.3, 0.4) is 0 Å². The lowest BCUT2D eigenvalue weighted by Crippen LogP contribution is -2.08. The number of hydrogen-bond donors (Lipinski definition) is 1. The number of nitrogens with zero attached hydrogens (tertiary/aromatic N) is 2. The van der Waals surface area contributed by atoms with Crippen LogP contribution in [-0.2, 0) is 11.2 Å². The van der Waals surface area contributed by atoms with E-state index < -0.39 is 5.97 Å². The number of carboxylic acid groups (broad SMARTS) is 1. The van der Waals surface area contributed by atoms with Crippen LogP contribution < -0.4 is 0 Å². The summed E-state index contributed by atoms with van der Waals surface area (Å²) in [6.45, 7) is 4.24. The fourth-order valence-corrected chi connectivity index (χ4v) is 2.30. The lowest BCUT2D eigenvalue weighted by molar-refractivity contribution is -0.137. The van der Waals surface area contributed by atoms with Crippen molar-refractivity contribution in [1.29, 1.82) is 0 Å². The molecule has 0 spiro atoms. The maximum atomic E-state index is 10.7. The molecule has 0 fully saturated rings. The summed E-state index contributed by atoms with van der Waals surface area (Å²) in [5.41, 5.74) is 2.36. The maximum Gasteiger partial charge on any atom is 0.305 e. The Labute approximate surface area is 88.9 Å². The highest BCUT2D eigenvalue weighted by atomic mass is 16.4. The molecule has 4 nitrogen and oxygen atoms in total. The molecule has 1 aliphatic rings. The average Bonchev–Trinajstić information content (AvgIpc) is 2.66. The summed E-state index contributed by atoms with van der Waals surface area (Å²) in [5, 5.41) is 8.78. The molecule has 0 saturated carbocycles. The van der Waals surface area contributed by atoms with Crippen molar-refractivity contribution >= 4 is 5.97 Å². The Balaban J connectivity index is 2.25. The number of aromatic nitrogens is 2. The van der Waals surface area contributed by atoms with Crippen LogP contribution in [0.2, 0.25) is 0 Å². The van der Waals surface area contributed by atoms with Gasteiger partial charge in [0.1, 0.15) is 0 Å². The van der Waals surface area contributed by atoms with Crippen LogP contribution in [0, 0.1) is 0 Å². The Bertz CT molecular complexity index is 382. The summed E-state index contributed by atoms with van der Waals surface area (Å²) in [6.07, 6.45) is 3.90. The Kier molecular flexibility index (Phi) is 2.50. The molecule has 1 unspecified atom stereocenters. The van der Waals surface area contributed by atoms with Gasteiger partial charge in [-0.25, -0.2) is 4.98 Å². The van der Waals surface area contributed by atoms with E-state index in [4.69, 9.17) is 5.11 Å². The Morgan fingerprint density at radius 1 is 1.73 bits per heavy atom. The molecular weight excluding hydrogens is 192 g/mol. The molecule has 2 rings (SSSR count). The van der Waals surface area contributed by atoms with E-state index in [-0.39, 0.29) is 12.5 Å². The van der Waals surface area contributed by atoms with Crippen molar-refractivity contribution in [2.24, 2.45) is 0 Å². The van der Waals surface area contributed by atoms with Crippen LogP contribution in [0.1, 0.15) is 50.0 Å². The predicted molar refractivity (Wildman–Crippen MR) is 55.9 cm³/mol. The van der Waals surface area contributed by atoms with Gasteiger partial charge in [0.05, 0.1) is 18.4 Å². The van der Waals surface area contributed by atoms with Gasteiger partial charge in [0.25, 0.3) is 0 Å². The molecular formula is C11H16N2O2. The summed E-state index contributed by atoms with van der Waals surface area (Å²) >= 11 is 0. The number of fused-ring (bicyclic) bond motifs is 1. The SMILES string of the molecule is CC(C)c1ncn2c1CCC2CC(=O)O. The van der Waals surface area contributed by atoms with E-state index in [9.17, 15) is 4.79 Å². The molecule has 0 radical (unpaired) electrons. The minimum Gasteiger partial charge on any atom is -0.481 e. The minimum absolute atomic E-state index is 0.109. The molecule has 0 saturated heterocycles. The van der Waals surface area contributed by atoms with Crippen molar-refractivity contribution in [2.75, 3.05) is 0 Å². The summed E-state index contributed by atoms with van der Waals surface area (Å²) < 4.78 is 2.05. The van der Waals surface area contributed by atoms with Crippen LogP contribution in [-0.4, -0.2) is 20.6 Å². The number of carbonyl (C=O) groups is 1. The largest absolute Gasteiger partial charge is 0.481 e. The monoisotopic (exact) mass is 208 g/mol. The molecule has 1 aromatic heterocycles. The Morgan fingerprint density at radius 2 is 2.47 bits per heavy atom. The molecule has 1 atom stereocenters. The average molecular weight is 208 g/mol. The number of aliphatic carboxylic acids is 1. The highest BCUT2D eigenvalue weighted by Gasteiger charge is 2.27. The van der Waals surface area contributed by atoms with Crippen LogP contribution in [0.15, 0.2) is 6.33 Å². The minimum atomic E-state index is -0.729. The first-order valence-corrected chi connectivity index (χ1v) is 5.37. The third-order valence-corrected chi connectivity index (χ3v) is 2.99. The summed E-state index contributed by atoms with van der Waals surface area (Å²) in [6, 6.07) is 0.109. The highest BCUT2D eigenvalue weighted by Crippen LogP contribution is 2.32. The number of carboxylic acids is 1. The maximum absolute atomic E-state index is 10.7. The molecule has 82 valence electrons. The van der Waals surface area contributed by atoms with Crippen LogP contribution in [0.25, 0.3) is 0 Å². The smallest absolute Gasteiger partial charge is 0.305 e. The van der Waals surface area contributed by atoms with Crippen LogP contribution in [0.4, 0.5) is 0 Å². The van der Waals surface area contributed by atoms with Crippen LogP contribution in [0.5, 0.6) is 0 Å². The highest BCUT2D eigenvalue weighted by molar-refractivity contribution is 5.67. The first-order valence-electron chi connectivity index (χ1n) is 5.37. The second-order valence-corrected chi connectivity index (χ2v) is 4.43. The quantitative estimate of drug-likeness (QED) is 0.826. The van der Waals surface area contributed by atoms with Gasteiger partial charge in [-0.1, -0.05) is 13.8 Å². The molecule has 1 N–H and O–H groups in total. The summed E-state index contributed by atoms with van der Waals surface area (Å²) in [4.78, 5) is 15.0. The molecule has 0 aliphatic carbocycles. The third kappa shape index (κ3) is 1.76. The zero-order chi connectivity index (χ0) is 11.0. The molecule has 0 amide bonds. The van der Waals surface area contributed by atoms with Gasteiger partial charge in [0, 0.05) is 11.7 Å². The summed E-state index contributed by atoms with van der Waals surface area (Å²) in [7, 11) is 0. The summed E-state index contributed by atoms with van der Waals surface area (Å²) in [5.74, 6) is -0.308. The van der Waals surface area contributed by atoms with Crippen molar-refractivity contribution in [3.8, 4) is 0 Å². The van der Waals surface area contributed by atoms with Gasteiger partial charge in [-0.3, -0.25) is 4.79 Å². The van der Waals surface area contributed by atoms with Crippen molar-refractivity contribution in [3.05, 3.63) is 17.7 Å². The molecule has 1 aliphatic heterocycles. The van der Waals surface area contributed by atoms with Gasteiger partial charge >= 0.3 is 5.97 Å². The number of imidazole rings is 1. The molecule has 15 heavy (non-hydrogen) atoms. The van der Waals surface area contributed by atoms with Gasteiger partial charge in [0.2, 0.25) is 0 Å². The Hall–Kier alpha value is -1.32. The topological polar surface area (TPSA) is 55.1 Å². The fourth-order valence-electron chi connectivity index (χ4n) is 2.30. The van der Waals surface area contributed by atoms with Gasteiger partial charge in [0.15, 0.2) is 0 Å². The molecule has 4 heteroatoms. The van der Waals surface area contributed by atoms with Gasteiger partial charge in [-0.05, 0) is 18.8 Å². The van der Waals surface area contributed by atoms with Crippen molar-refractivity contribution in [1.82, 2.24) is 9.55 Å². The van der Waals surface area contributed by atoms with E-state index >= 15 is 0 Å².